The zero-order valence-corrected chi connectivity index (χ0v) is 13.7. The van der Waals surface area contributed by atoms with Crippen LogP contribution >= 0.6 is 0 Å². The van der Waals surface area contributed by atoms with Crippen molar-refractivity contribution < 1.29 is 24.5 Å². The minimum Gasteiger partial charge on any atom is -0.550 e. The number of aliphatic hydroxyl groups is 1. The van der Waals surface area contributed by atoms with E-state index in [0.29, 0.717) is 32.1 Å². The average molecular weight is 329 g/mol. The van der Waals surface area contributed by atoms with Crippen LogP contribution in [0.1, 0.15) is 39.0 Å². The fraction of sp³-hybridized carbons (Fsp3) is 0.684. The molecule has 1 heterocycles. The van der Waals surface area contributed by atoms with Crippen molar-refractivity contribution in [1.29, 1.82) is 0 Å². The van der Waals surface area contributed by atoms with Gasteiger partial charge in [-0.15, -0.1) is 0 Å². The zero-order chi connectivity index (χ0) is 17.1. The standard InChI is InChI=1S/C19H22O5/c1-10-8-17-9-18(10,23)7-4-11(17)19-6-3-5-16(2,15(22)24-19)13(19)12(17)14(20)21/h3,5,11-13,23H,1,4,6-9H2,2H3,(H,20,21)/p-1/t11-,12-,13-,16+,17+,18+,19-/m1/s1. The highest BCUT2D eigenvalue weighted by atomic mass is 16.6. The van der Waals surface area contributed by atoms with E-state index in [1.54, 1.807) is 6.92 Å². The molecule has 0 radical (unpaired) electrons. The van der Waals surface area contributed by atoms with Gasteiger partial charge in [0.05, 0.1) is 11.0 Å². The van der Waals surface area contributed by atoms with Crippen molar-refractivity contribution in [3.05, 3.63) is 24.3 Å². The maximum Gasteiger partial charge on any atom is 0.316 e. The lowest BCUT2D eigenvalue weighted by atomic mass is 9.62. The molecule has 5 aliphatic rings. The quantitative estimate of drug-likeness (QED) is 0.566. The Balaban J connectivity index is 1.77. The molecule has 5 rings (SSSR count). The molecule has 0 unspecified atom stereocenters. The Bertz CT molecular complexity index is 740. The largest absolute Gasteiger partial charge is 0.550 e. The van der Waals surface area contributed by atoms with Crippen LogP contribution < -0.4 is 5.11 Å². The van der Waals surface area contributed by atoms with Crippen LogP contribution in [0, 0.1) is 28.6 Å². The minimum atomic E-state index is -1.12. The highest BCUT2D eigenvalue weighted by Crippen LogP contribution is 2.77. The first-order chi connectivity index (χ1) is 11.2. The molecule has 5 nitrogen and oxygen atoms in total. The number of esters is 1. The first-order valence-electron chi connectivity index (χ1n) is 8.72. The molecule has 1 aliphatic heterocycles. The highest BCUT2D eigenvalue weighted by molar-refractivity contribution is 5.86. The predicted octanol–water partition coefficient (Wildman–Crippen LogP) is 0.722. The predicted molar refractivity (Wildman–Crippen MR) is 81.2 cm³/mol. The topological polar surface area (TPSA) is 86.7 Å². The summed E-state index contributed by atoms with van der Waals surface area (Å²) in [6, 6.07) is 0. The van der Waals surface area contributed by atoms with E-state index < -0.39 is 39.8 Å². The molecular formula is C19H21O5-. The molecule has 4 bridgehead atoms. The second-order valence-corrected chi connectivity index (χ2v) is 8.82. The van der Waals surface area contributed by atoms with Crippen molar-refractivity contribution in [3.63, 3.8) is 0 Å². The Morgan fingerprint density at radius 3 is 2.96 bits per heavy atom. The van der Waals surface area contributed by atoms with E-state index in [-0.39, 0.29) is 11.9 Å². The number of carbonyl (C=O) groups excluding carboxylic acids is 2. The Morgan fingerprint density at radius 2 is 2.25 bits per heavy atom. The van der Waals surface area contributed by atoms with Gasteiger partial charge in [0.25, 0.3) is 0 Å². The van der Waals surface area contributed by atoms with E-state index in [9.17, 15) is 19.8 Å². The summed E-state index contributed by atoms with van der Waals surface area (Å²) in [6.45, 7) is 5.83. The van der Waals surface area contributed by atoms with E-state index >= 15 is 0 Å². The van der Waals surface area contributed by atoms with Crippen LogP contribution in [0.3, 0.4) is 0 Å². The zero-order valence-electron chi connectivity index (χ0n) is 13.7. The normalized spacial score (nSPS) is 56.8. The summed E-state index contributed by atoms with van der Waals surface area (Å²) in [6.07, 6.45) is 6.45. The van der Waals surface area contributed by atoms with Gasteiger partial charge in [0.15, 0.2) is 0 Å². The molecular weight excluding hydrogens is 308 g/mol. The van der Waals surface area contributed by atoms with E-state index in [4.69, 9.17) is 4.74 Å². The van der Waals surface area contributed by atoms with Gasteiger partial charge < -0.3 is 19.7 Å². The summed E-state index contributed by atoms with van der Waals surface area (Å²) in [7, 11) is 0. The third kappa shape index (κ3) is 1.25. The van der Waals surface area contributed by atoms with Crippen LogP contribution in [0.4, 0.5) is 0 Å². The summed E-state index contributed by atoms with van der Waals surface area (Å²) in [4.78, 5) is 24.9. The Morgan fingerprint density at radius 1 is 1.50 bits per heavy atom. The number of carbonyl (C=O) groups is 2. The summed E-state index contributed by atoms with van der Waals surface area (Å²) in [5, 5.41) is 23.2. The lowest BCUT2D eigenvalue weighted by molar-refractivity contribution is -0.318. The summed E-state index contributed by atoms with van der Waals surface area (Å²) >= 11 is 0. The molecule has 3 saturated carbocycles. The van der Waals surface area contributed by atoms with Gasteiger partial charge in [-0.1, -0.05) is 18.7 Å². The summed E-state index contributed by atoms with van der Waals surface area (Å²) in [5.41, 5.74) is -2.55. The SMILES string of the molecule is C=C1C[C@]23C[C@@]1(O)CC[C@H]2[C@@]12CC=C[C@](C)(C(=O)O1)[C@H]2[C@@H]3C(=O)[O-]. The number of ether oxygens (including phenoxy) is 1. The number of hydrogen-bond donors (Lipinski definition) is 1. The third-order valence-electron chi connectivity index (χ3n) is 7.96. The molecule has 0 aromatic rings. The van der Waals surface area contributed by atoms with Crippen LogP contribution in [0.15, 0.2) is 24.3 Å². The van der Waals surface area contributed by atoms with Gasteiger partial charge in [0.2, 0.25) is 0 Å². The average Bonchev–Trinajstić information content (AvgIpc) is 2.88. The summed E-state index contributed by atoms with van der Waals surface area (Å²) < 4.78 is 5.96. The first kappa shape index (κ1) is 14.7. The van der Waals surface area contributed by atoms with Crippen LogP contribution in [-0.4, -0.2) is 28.2 Å². The second-order valence-electron chi connectivity index (χ2n) is 8.82. The number of aliphatic carboxylic acids is 1. The van der Waals surface area contributed by atoms with Gasteiger partial charge in [-0.2, -0.15) is 0 Å². The smallest absolute Gasteiger partial charge is 0.316 e. The molecule has 24 heavy (non-hydrogen) atoms. The molecule has 128 valence electrons. The second kappa shape index (κ2) is 3.79. The maximum absolute atomic E-state index is 12.6. The number of carboxylic acid groups (broad SMARTS) is 1. The van der Waals surface area contributed by atoms with Crippen LogP contribution in [-0.2, 0) is 14.3 Å². The number of fused-ring (bicyclic) bond motifs is 1. The van der Waals surface area contributed by atoms with Gasteiger partial charge in [-0.25, -0.2) is 0 Å². The van der Waals surface area contributed by atoms with E-state index in [2.05, 4.69) is 6.58 Å². The van der Waals surface area contributed by atoms with Gasteiger partial charge in [-0.05, 0) is 43.6 Å². The van der Waals surface area contributed by atoms with Crippen molar-refractivity contribution in [2.24, 2.45) is 28.6 Å². The Kier molecular flexibility index (Phi) is 2.32. The molecule has 0 amide bonds. The molecule has 5 heteroatoms. The van der Waals surface area contributed by atoms with Crippen molar-refractivity contribution in [2.45, 2.75) is 50.2 Å². The molecule has 7 atom stereocenters. The van der Waals surface area contributed by atoms with E-state index in [1.807, 2.05) is 12.2 Å². The molecule has 0 aromatic heterocycles. The monoisotopic (exact) mass is 329 g/mol. The maximum atomic E-state index is 12.6. The Hall–Kier alpha value is -1.62. The minimum absolute atomic E-state index is 0.0619. The van der Waals surface area contributed by atoms with Crippen molar-refractivity contribution >= 4 is 11.9 Å². The first-order valence-corrected chi connectivity index (χ1v) is 8.72. The molecule has 1 saturated heterocycles. The molecule has 1 N–H and O–H groups in total. The highest BCUT2D eigenvalue weighted by Gasteiger charge is 2.81. The van der Waals surface area contributed by atoms with Crippen molar-refractivity contribution in [3.8, 4) is 0 Å². The van der Waals surface area contributed by atoms with Gasteiger partial charge >= 0.3 is 5.97 Å². The van der Waals surface area contributed by atoms with Crippen LogP contribution in [0.5, 0.6) is 0 Å². The third-order valence-corrected chi connectivity index (χ3v) is 7.96. The molecule has 4 aliphatic carbocycles. The fourth-order valence-corrected chi connectivity index (χ4v) is 7.21. The number of hydrogen-bond acceptors (Lipinski definition) is 5. The van der Waals surface area contributed by atoms with E-state index in [0.717, 1.165) is 5.57 Å². The summed E-state index contributed by atoms with van der Waals surface area (Å²) in [5.74, 6) is -2.72. The van der Waals surface area contributed by atoms with Crippen LogP contribution in [0.25, 0.3) is 0 Å². The number of carboxylic acids is 1. The lowest BCUT2D eigenvalue weighted by Crippen LogP contribution is -2.49. The molecule has 0 aromatic carbocycles. The van der Waals surface area contributed by atoms with Crippen molar-refractivity contribution in [2.75, 3.05) is 0 Å². The van der Waals surface area contributed by atoms with Crippen LogP contribution in [0.2, 0.25) is 0 Å². The van der Waals surface area contributed by atoms with Gasteiger partial charge in [0.1, 0.15) is 5.60 Å². The van der Waals surface area contributed by atoms with E-state index in [1.165, 1.54) is 0 Å². The Labute approximate surface area is 140 Å². The van der Waals surface area contributed by atoms with Gasteiger partial charge in [-0.3, -0.25) is 4.79 Å². The van der Waals surface area contributed by atoms with Crippen molar-refractivity contribution in [1.82, 2.24) is 0 Å². The number of rotatable bonds is 1. The molecule has 4 fully saturated rings. The fourth-order valence-electron chi connectivity index (χ4n) is 7.21. The van der Waals surface area contributed by atoms with Gasteiger partial charge in [0, 0.05) is 30.1 Å². The lowest BCUT2D eigenvalue weighted by Gasteiger charge is -2.45. The molecule has 1 spiro atoms.